The number of furan rings is 1. The maximum atomic E-state index is 5.98. The molecular formula is C26H22O. The number of hydrogen-bond donors (Lipinski definition) is 0. The molecule has 0 amide bonds. The van der Waals surface area contributed by atoms with Crippen molar-refractivity contribution in [1.29, 1.82) is 0 Å². The van der Waals surface area contributed by atoms with Crippen LogP contribution in [0.15, 0.2) is 65.3 Å². The van der Waals surface area contributed by atoms with Crippen LogP contribution in [0.1, 0.15) is 33.6 Å². The van der Waals surface area contributed by atoms with Crippen LogP contribution in [0.4, 0.5) is 0 Å². The molecule has 0 spiro atoms. The molecule has 0 N–H and O–H groups in total. The van der Waals surface area contributed by atoms with Gasteiger partial charge in [0.2, 0.25) is 0 Å². The molecule has 1 nitrogen and oxygen atoms in total. The summed E-state index contributed by atoms with van der Waals surface area (Å²) in [6, 6.07) is 19.7. The van der Waals surface area contributed by atoms with Crippen molar-refractivity contribution >= 4 is 22.4 Å². The largest absolute Gasteiger partial charge is 0.463 e. The van der Waals surface area contributed by atoms with E-state index >= 15 is 0 Å². The SMILES string of the molecule is Cc1cc(C)cc(-c2c(C)ccc3c2C=C(c2occ4ccccc24)C3)c1. The van der Waals surface area contributed by atoms with Gasteiger partial charge in [-0.05, 0) is 54.7 Å². The van der Waals surface area contributed by atoms with E-state index in [0.29, 0.717) is 0 Å². The van der Waals surface area contributed by atoms with E-state index in [0.717, 1.165) is 17.6 Å². The summed E-state index contributed by atoms with van der Waals surface area (Å²) in [5.74, 6) is 1.01. The van der Waals surface area contributed by atoms with Crippen molar-refractivity contribution in [2.24, 2.45) is 0 Å². The molecule has 1 aliphatic carbocycles. The molecule has 132 valence electrons. The summed E-state index contributed by atoms with van der Waals surface area (Å²) in [7, 11) is 0. The molecule has 4 aromatic rings. The quantitative estimate of drug-likeness (QED) is 0.375. The Morgan fingerprint density at radius 1 is 0.852 bits per heavy atom. The van der Waals surface area contributed by atoms with Crippen molar-refractivity contribution in [1.82, 2.24) is 0 Å². The molecule has 1 aliphatic rings. The Balaban J connectivity index is 1.70. The van der Waals surface area contributed by atoms with Gasteiger partial charge in [0.05, 0.1) is 6.26 Å². The van der Waals surface area contributed by atoms with Crippen molar-refractivity contribution in [3.63, 3.8) is 0 Å². The Kier molecular flexibility index (Phi) is 3.58. The van der Waals surface area contributed by atoms with Gasteiger partial charge in [-0.25, -0.2) is 0 Å². The molecular weight excluding hydrogens is 328 g/mol. The lowest BCUT2D eigenvalue weighted by Gasteiger charge is -2.13. The average molecular weight is 350 g/mol. The number of benzene rings is 3. The van der Waals surface area contributed by atoms with E-state index in [1.54, 1.807) is 0 Å². The van der Waals surface area contributed by atoms with Gasteiger partial charge in [0.25, 0.3) is 0 Å². The number of aryl methyl sites for hydroxylation is 3. The topological polar surface area (TPSA) is 13.1 Å². The van der Waals surface area contributed by atoms with Crippen LogP contribution in [0.3, 0.4) is 0 Å². The van der Waals surface area contributed by atoms with E-state index in [2.05, 4.69) is 81.4 Å². The Morgan fingerprint density at radius 3 is 2.44 bits per heavy atom. The lowest BCUT2D eigenvalue weighted by molar-refractivity contribution is 0.557. The summed E-state index contributed by atoms with van der Waals surface area (Å²) in [6.45, 7) is 6.55. The molecule has 27 heavy (non-hydrogen) atoms. The van der Waals surface area contributed by atoms with Gasteiger partial charge < -0.3 is 4.42 Å². The van der Waals surface area contributed by atoms with Gasteiger partial charge in [-0.1, -0.05) is 65.7 Å². The highest BCUT2D eigenvalue weighted by Gasteiger charge is 2.22. The Morgan fingerprint density at radius 2 is 1.63 bits per heavy atom. The second-order valence-electron chi connectivity index (χ2n) is 7.71. The van der Waals surface area contributed by atoms with Crippen molar-refractivity contribution in [2.45, 2.75) is 27.2 Å². The monoisotopic (exact) mass is 350 g/mol. The van der Waals surface area contributed by atoms with Gasteiger partial charge in [-0.2, -0.15) is 0 Å². The molecule has 5 rings (SSSR count). The van der Waals surface area contributed by atoms with Crippen LogP contribution in [0.2, 0.25) is 0 Å². The van der Waals surface area contributed by atoms with Crippen molar-refractivity contribution in [2.75, 3.05) is 0 Å². The molecule has 1 heteroatoms. The van der Waals surface area contributed by atoms with Gasteiger partial charge in [0, 0.05) is 22.8 Å². The Bertz CT molecular complexity index is 1200. The molecule has 0 saturated carbocycles. The fourth-order valence-corrected chi connectivity index (χ4v) is 4.41. The second kappa shape index (κ2) is 5.99. The zero-order valence-electron chi connectivity index (χ0n) is 16.0. The molecule has 0 atom stereocenters. The van der Waals surface area contributed by atoms with Crippen LogP contribution in [0, 0.1) is 20.8 Å². The number of hydrogen-bond acceptors (Lipinski definition) is 1. The van der Waals surface area contributed by atoms with Gasteiger partial charge in [-0.15, -0.1) is 0 Å². The minimum atomic E-state index is 0.922. The van der Waals surface area contributed by atoms with Crippen LogP contribution >= 0.6 is 0 Å². The first-order valence-corrected chi connectivity index (χ1v) is 9.48. The molecule has 0 radical (unpaired) electrons. The maximum Gasteiger partial charge on any atom is 0.138 e. The molecule has 0 fully saturated rings. The van der Waals surface area contributed by atoms with E-state index < -0.39 is 0 Å². The summed E-state index contributed by atoms with van der Waals surface area (Å²) in [4.78, 5) is 0. The minimum absolute atomic E-state index is 0.922. The van der Waals surface area contributed by atoms with Crippen molar-refractivity contribution < 1.29 is 4.42 Å². The number of fused-ring (bicyclic) bond motifs is 2. The molecule has 0 unspecified atom stereocenters. The fraction of sp³-hybridized carbons (Fsp3) is 0.154. The van der Waals surface area contributed by atoms with E-state index in [9.17, 15) is 0 Å². The molecule has 0 bridgehead atoms. The van der Waals surface area contributed by atoms with Crippen molar-refractivity contribution in [3.8, 4) is 11.1 Å². The predicted octanol–water partition coefficient (Wildman–Crippen LogP) is 7.12. The zero-order chi connectivity index (χ0) is 18.5. The van der Waals surface area contributed by atoms with Crippen LogP contribution in [-0.4, -0.2) is 0 Å². The minimum Gasteiger partial charge on any atom is -0.463 e. The number of rotatable bonds is 2. The van der Waals surface area contributed by atoms with Gasteiger partial charge >= 0.3 is 0 Å². The molecule has 1 heterocycles. The molecule has 3 aromatic carbocycles. The van der Waals surface area contributed by atoms with Crippen molar-refractivity contribution in [3.05, 3.63) is 94.4 Å². The van der Waals surface area contributed by atoms with Gasteiger partial charge in [0.15, 0.2) is 0 Å². The fourth-order valence-electron chi connectivity index (χ4n) is 4.41. The highest BCUT2D eigenvalue weighted by Crippen LogP contribution is 2.41. The van der Waals surface area contributed by atoms with E-state index in [1.165, 1.54) is 49.9 Å². The summed E-state index contributed by atoms with van der Waals surface area (Å²) in [5, 5.41) is 2.36. The van der Waals surface area contributed by atoms with E-state index in [-0.39, 0.29) is 0 Å². The summed E-state index contributed by atoms with van der Waals surface area (Å²) < 4.78 is 5.98. The van der Waals surface area contributed by atoms with Crippen LogP contribution in [-0.2, 0) is 6.42 Å². The normalized spacial score (nSPS) is 13.1. The lowest BCUT2D eigenvalue weighted by Crippen LogP contribution is -1.92. The Labute approximate surface area is 160 Å². The standard InChI is InChI=1S/C26H22O/c1-16-10-17(2)12-21(11-16)25-18(3)8-9-19-13-22(14-24(19)25)26-23-7-5-4-6-20(23)15-27-26/h4-12,14-15H,13H2,1-3H3. The first kappa shape index (κ1) is 16.1. The molecule has 1 aromatic heterocycles. The highest BCUT2D eigenvalue weighted by molar-refractivity contribution is 6.00. The number of allylic oxidation sites excluding steroid dienone is 1. The smallest absolute Gasteiger partial charge is 0.138 e. The van der Waals surface area contributed by atoms with Gasteiger partial charge in [0.1, 0.15) is 5.76 Å². The van der Waals surface area contributed by atoms with Crippen LogP contribution < -0.4 is 0 Å². The third-order valence-corrected chi connectivity index (χ3v) is 5.55. The summed E-state index contributed by atoms with van der Waals surface area (Å²) in [6.07, 6.45) is 5.12. The second-order valence-corrected chi connectivity index (χ2v) is 7.71. The summed E-state index contributed by atoms with van der Waals surface area (Å²) in [5.41, 5.74) is 10.6. The summed E-state index contributed by atoms with van der Waals surface area (Å²) >= 11 is 0. The Hall–Kier alpha value is -3.06. The third-order valence-electron chi connectivity index (χ3n) is 5.55. The van der Waals surface area contributed by atoms with E-state index in [4.69, 9.17) is 4.42 Å². The first-order valence-electron chi connectivity index (χ1n) is 9.48. The van der Waals surface area contributed by atoms with E-state index in [1.807, 2.05) is 6.26 Å². The average Bonchev–Trinajstić information content (AvgIpc) is 3.24. The first-order chi connectivity index (χ1) is 13.1. The third kappa shape index (κ3) is 2.62. The van der Waals surface area contributed by atoms with Crippen LogP contribution in [0.25, 0.3) is 33.5 Å². The molecule has 0 saturated heterocycles. The predicted molar refractivity (Wildman–Crippen MR) is 114 cm³/mol. The maximum absolute atomic E-state index is 5.98. The highest BCUT2D eigenvalue weighted by atomic mass is 16.3. The lowest BCUT2D eigenvalue weighted by atomic mass is 9.91. The van der Waals surface area contributed by atoms with Crippen LogP contribution in [0.5, 0.6) is 0 Å². The van der Waals surface area contributed by atoms with Gasteiger partial charge in [-0.3, -0.25) is 0 Å². The molecule has 0 aliphatic heterocycles. The zero-order valence-corrected chi connectivity index (χ0v) is 16.0.